The summed E-state index contributed by atoms with van der Waals surface area (Å²) in [4.78, 5) is 0. The van der Waals surface area contributed by atoms with Crippen molar-refractivity contribution in [3.8, 4) is 0 Å². The van der Waals surface area contributed by atoms with Gasteiger partial charge in [0.15, 0.2) is 0 Å². The molecule has 10 heavy (non-hydrogen) atoms. The molecule has 0 rings (SSSR count). The lowest BCUT2D eigenvalue weighted by atomic mass is 9.98. The monoisotopic (exact) mass is 146 g/mol. The third kappa shape index (κ3) is 1.97. The third-order valence-corrected chi connectivity index (χ3v) is 1.46. The van der Waals surface area contributed by atoms with Gasteiger partial charge in [-0.15, -0.1) is 0 Å². The highest BCUT2D eigenvalue weighted by Gasteiger charge is 2.22. The molecule has 0 atom stereocenters. The quantitative estimate of drug-likeness (QED) is 0.316. The Morgan fingerprint density at radius 2 is 2.10 bits per heavy atom. The SMILES string of the molecule is CC/C(=N\O)C(C)(C)NO. The number of hydrogen-bond donors (Lipinski definition) is 3. The highest BCUT2D eigenvalue weighted by Crippen LogP contribution is 2.06. The molecule has 3 N–H and O–H groups in total. The summed E-state index contributed by atoms with van der Waals surface area (Å²) in [5, 5.41) is 20.1. The topological polar surface area (TPSA) is 64.9 Å². The standard InChI is InChI=1S/C6H14N2O2/c1-4-5(7-9)6(2,3)8-10/h8-10H,4H2,1-3H3/b7-5+. The van der Waals surface area contributed by atoms with Gasteiger partial charge in [0.05, 0.1) is 11.3 Å². The first-order chi connectivity index (χ1) is 4.58. The highest BCUT2D eigenvalue weighted by molar-refractivity contribution is 5.91. The molecule has 0 saturated heterocycles. The van der Waals surface area contributed by atoms with Crippen LogP contribution in [-0.4, -0.2) is 21.7 Å². The molecule has 0 aromatic carbocycles. The highest BCUT2D eigenvalue weighted by atomic mass is 16.5. The van der Waals surface area contributed by atoms with Crippen molar-refractivity contribution in [2.24, 2.45) is 5.16 Å². The van der Waals surface area contributed by atoms with Crippen LogP contribution in [0.5, 0.6) is 0 Å². The zero-order valence-corrected chi connectivity index (χ0v) is 6.55. The number of hydroxylamine groups is 1. The number of rotatable bonds is 3. The summed E-state index contributed by atoms with van der Waals surface area (Å²) < 4.78 is 0. The molecule has 0 unspecified atom stereocenters. The Balaban J connectivity index is 4.28. The van der Waals surface area contributed by atoms with Gasteiger partial charge in [-0.05, 0) is 20.3 Å². The smallest absolute Gasteiger partial charge is 0.0786 e. The van der Waals surface area contributed by atoms with Gasteiger partial charge in [-0.2, -0.15) is 5.48 Å². The molecule has 0 saturated carbocycles. The summed E-state index contributed by atoms with van der Waals surface area (Å²) in [5.74, 6) is 0. The van der Waals surface area contributed by atoms with E-state index in [0.717, 1.165) is 0 Å². The van der Waals surface area contributed by atoms with Crippen molar-refractivity contribution in [3.05, 3.63) is 0 Å². The van der Waals surface area contributed by atoms with Gasteiger partial charge in [-0.25, -0.2) is 0 Å². The molecular formula is C6H14N2O2. The van der Waals surface area contributed by atoms with Crippen LogP contribution < -0.4 is 5.48 Å². The molecule has 0 spiro atoms. The van der Waals surface area contributed by atoms with Gasteiger partial charge in [-0.1, -0.05) is 12.1 Å². The fourth-order valence-corrected chi connectivity index (χ4v) is 0.702. The minimum absolute atomic E-state index is 0.523. The lowest BCUT2D eigenvalue weighted by Gasteiger charge is -2.22. The van der Waals surface area contributed by atoms with Crippen LogP contribution in [0.4, 0.5) is 0 Å². The van der Waals surface area contributed by atoms with Crippen LogP contribution in [0.1, 0.15) is 27.2 Å². The van der Waals surface area contributed by atoms with Gasteiger partial charge in [0, 0.05) is 0 Å². The molecule has 0 aromatic heterocycles. The van der Waals surface area contributed by atoms with Crippen molar-refractivity contribution in [2.75, 3.05) is 0 Å². The molecule has 0 heterocycles. The van der Waals surface area contributed by atoms with Crippen molar-refractivity contribution >= 4 is 5.71 Å². The first-order valence-electron chi connectivity index (χ1n) is 3.21. The summed E-state index contributed by atoms with van der Waals surface area (Å²) in [6.07, 6.45) is 0.608. The van der Waals surface area contributed by atoms with Crippen molar-refractivity contribution < 1.29 is 10.4 Å². The van der Waals surface area contributed by atoms with Gasteiger partial charge in [0.1, 0.15) is 0 Å². The number of nitrogens with zero attached hydrogens (tertiary/aromatic N) is 1. The van der Waals surface area contributed by atoms with E-state index in [-0.39, 0.29) is 0 Å². The van der Waals surface area contributed by atoms with Crippen LogP contribution in [0.3, 0.4) is 0 Å². The van der Waals surface area contributed by atoms with E-state index in [9.17, 15) is 0 Å². The van der Waals surface area contributed by atoms with Crippen molar-refractivity contribution in [2.45, 2.75) is 32.7 Å². The van der Waals surface area contributed by atoms with E-state index in [4.69, 9.17) is 10.4 Å². The number of hydrogen-bond acceptors (Lipinski definition) is 4. The Morgan fingerprint density at radius 3 is 2.20 bits per heavy atom. The average Bonchev–Trinajstić information content (AvgIpc) is 1.90. The number of nitrogens with one attached hydrogen (secondary N) is 1. The minimum atomic E-state index is -0.635. The predicted molar refractivity (Wildman–Crippen MR) is 38.5 cm³/mol. The van der Waals surface area contributed by atoms with E-state index in [1.54, 1.807) is 13.8 Å². The largest absolute Gasteiger partial charge is 0.411 e. The summed E-state index contributed by atoms with van der Waals surface area (Å²) in [5.41, 5.74) is 1.94. The lowest BCUT2D eigenvalue weighted by Crippen LogP contribution is -2.44. The average molecular weight is 146 g/mol. The second kappa shape index (κ2) is 3.53. The summed E-state index contributed by atoms with van der Waals surface area (Å²) in [6.45, 7) is 5.31. The normalized spacial score (nSPS) is 13.8. The van der Waals surface area contributed by atoms with E-state index < -0.39 is 5.54 Å². The Kier molecular flexibility index (Phi) is 3.32. The molecule has 60 valence electrons. The maximum absolute atomic E-state index is 8.58. The van der Waals surface area contributed by atoms with Crippen molar-refractivity contribution in [1.82, 2.24) is 5.48 Å². The van der Waals surface area contributed by atoms with Crippen LogP contribution in [-0.2, 0) is 0 Å². The Labute approximate surface area is 60.5 Å². The fourth-order valence-electron chi connectivity index (χ4n) is 0.702. The molecule has 4 nitrogen and oxygen atoms in total. The van der Waals surface area contributed by atoms with Crippen LogP contribution in [0, 0.1) is 0 Å². The molecular weight excluding hydrogens is 132 g/mol. The van der Waals surface area contributed by atoms with Crippen LogP contribution >= 0.6 is 0 Å². The zero-order valence-electron chi connectivity index (χ0n) is 6.55. The van der Waals surface area contributed by atoms with E-state index in [2.05, 4.69) is 10.6 Å². The molecule has 0 radical (unpaired) electrons. The Hall–Kier alpha value is -0.610. The predicted octanol–water partition coefficient (Wildman–Crippen LogP) is 0.984. The summed E-state index contributed by atoms with van der Waals surface area (Å²) >= 11 is 0. The fraction of sp³-hybridized carbons (Fsp3) is 0.833. The minimum Gasteiger partial charge on any atom is -0.411 e. The summed E-state index contributed by atoms with van der Waals surface area (Å²) in [6, 6.07) is 0. The van der Waals surface area contributed by atoms with E-state index in [1.165, 1.54) is 0 Å². The van der Waals surface area contributed by atoms with Crippen LogP contribution in [0.15, 0.2) is 5.16 Å². The lowest BCUT2D eigenvalue weighted by molar-refractivity contribution is 0.112. The zero-order chi connectivity index (χ0) is 8.20. The molecule has 0 aliphatic heterocycles. The molecule has 0 amide bonds. The van der Waals surface area contributed by atoms with E-state index >= 15 is 0 Å². The molecule has 0 aliphatic carbocycles. The maximum Gasteiger partial charge on any atom is 0.0786 e. The van der Waals surface area contributed by atoms with Crippen molar-refractivity contribution in [1.29, 1.82) is 0 Å². The second-order valence-electron chi connectivity index (χ2n) is 2.64. The molecule has 0 aromatic rings. The molecule has 0 aliphatic rings. The number of oxime groups is 1. The van der Waals surface area contributed by atoms with E-state index in [0.29, 0.717) is 12.1 Å². The van der Waals surface area contributed by atoms with Gasteiger partial charge in [-0.3, -0.25) is 0 Å². The van der Waals surface area contributed by atoms with Gasteiger partial charge < -0.3 is 10.4 Å². The second-order valence-corrected chi connectivity index (χ2v) is 2.64. The Morgan fingerprint density at radius 1 is 1.60 bits per heavy atom. The van der Waals surface area contributed by atoms with E-state index in [1.807, 2.05) is 6.92 Å². The van der Waals surface area contributed by atoms with Gasteiger partial charge in [0.2, 0.25) is 0 Å². The van der Waals surface area contributed by atoms with Crippen LogP contribution in [0.25, 0.3) is 0 Å². The van der Waals surface area contributed by atoms with Gasteiger partial charge in [0.25, 0.3) is 0 Å². The van der Waals surface area contributed by atoms with Gasteiger partial charge >= 0.3 is 0 Å². The molecule has 0 bridgehead atoms. The molecule has 4 heteroatoms. The van der Waals surface area contributed by atoms with Crippen LogP contribution in [0.2, 0.25) is 0 Å². The summed E-state index contributed by atoms with van der Waals surface area (Å²) in [7, 11) is 0. The maximum atomic E-state index is 8.58. The molecule has 0 fully saturated rings. The third-order valence-electron chi connectivity index (χ3n) is 1.46. The first-order valence-corrected chi connectivity index (χ1v) is 3.21. The van der Waals surface area contributed by atoms with Crippen molar-refractivity contribution in [3.63, 3.8) is 0 Å². The Bertz CT molecular complexity index is 132. The first kappa shape index (κ1) is 9.39.